The molecule has 1 unspecified atom stereocenters. The van der Waals surface area contributed by atoms with Gasteiger partial charge in [0.1, 0.15) is 5.82 Å². The Morgan fingerprint density at radius 2 is 1.82 bits per heavy atom. The molecule has 3 rings (SSSR count). The van der Waals surface area contributed by atoms with Crippen molar-refractivity contribution in [2.75, 3.05) is 25.0 Å². The van der Waals surface area contributed by atoms with Crippen molar-refractivity contribution in [3.63, 3.8) is 0 Å². The van der Waals surface area contributed by atoms with Gasteiger partial charge in [-0.25, -0.2) is 4.68 Å². The van der Waals surface area contributed by atoms with Crippen LogP contribution in [0.5, 0.6) is 0 Å². The molecule has 1 fully saturated rings. The topological polar surface area (TPSA) is 79.3 Å². The van der Waals surface area contributed by atoms with Crippen LogP contribution in [0, 0.1) is 0 Å². The van der Waals surface area contributed by atoms with Crippen LogP contribution in [-0.2, 0) is 15.0 Å². The van der Waals surface area contributed by atoms with Gasteiger partial charge in [-0.05, 0) is 44.9 Å². The zero-order chi connectivity index (χ0) is 23.8. The van der Waals surface area contributed by atoms with Crippen molar-refractivity contribution in [2.45, 2.75) is 77.7 Å². The van der Waals surface area contributed by atoms with Crippen LogP contribution in [0.1, 0.15) is 71.9 Å². The molecule has 2 heterocycles. The summed E-state index contributed by atoms with van der Waals surface area (Å²) in [5.41, 5.74) is 1.62. The van der Waals surface area contributed by atoms with E-state index >= 15 is 0 Å². The zero-order valence-electron chi connectivity index (χ0n) is 20.6. The molecule has 0 bridgehead atoms. The number of aromatic nitrogens is 2. The average molecular weight is 454 g/mol. The molecular weight excluding hydrogens is 414 g/mol. The number of benzene rings is 1. The van der Waals surface area contributed by atoms with E-state index in [9.17, 15) is 9.59 Å². The number of amides is 2. The van der Waals surface area contributed by atoms with Gasteiger partial charge < -0.3 is 15.5 Å². The number of hydrogen-bond acceptors (Lipinski definition) is 4. The van der Waals surface area contributed by atoms with Crippen LogP contribution < -0.4 is 10.6 Å². The van der Waals surface area contributed by atoms with E-state index in [4.69, 9.17) is 5.10 Å². The lowest BCUT2D eigenvalue weighted by Gasteiger charge is -2.33. The number of likely N-dealkylation sites (tertiary alicyclic amines) is 1. The molecule has 1 atom stereocenters. The Morgan fingerprint density at radius 1 is 1.09 bits per heavy atom. The van der Waals surface area contributed by atoms with E-state index in [0.717, 1.165) is 30.9 Å². The van der Waals surface area contributed by atoms with Crippen molar-refractivity contribution in [1.82, 2.24) is 20.0 Å². The van der Waals surface area contributed by atoms with E-state index in [1.54, 1.807) is 4.68 Å². The molecule has 7 heteroatoms. The molecule has 0 radical (unpaired) electrons. The van der Waals surface area contributed by atoms with Crippen LogP contribution in [-0.4, -0.2) is 52.2 Å². The summed E-state index contributed by atoms with van der Waals surface area (Å²) in [6.45, 7) is 11.4. The number of piperidine rings is 1. The van der Waals surface area contributed by atoms with Crippen molar-refractivity contribution < 1.29 is 9.59 Å². The summed E-state index contributed by atoms with van der Waals surface area (Å²) in [6.07, 6.45) is 5.11. The summed E-state index contributed by atoms with van der Waals surface area (Å²) in [7, 11) is 0. The SMILES string of the molecule is CC1CCCCN1CCCNC(=O)CCC(=O)Nc1cc(C(C)(C)C)nn1-c1ccccc1. The van der Waals surface area contributed by atoms with Gasteiger partial charge in [-0.15, -0.1) is 0 Å². The second-order valence-corrected chi connectivity index (χ2v) is 10.0. The van der Waals surface area contributed by atoms with Gasteiger partial charge in [0.15, 0.2) is 0 Å². The maximum Gasteiger partial charge on any atom is 0.226 e. The summed E-state index contributed by atoms with van der Waals surface area (Å²) in [5, 5.41) is 10.6. The third kappa shape index (κ3) is 7.42. The molecule has 1 aliphatic heterocycles. The predicted molar refractivity (Wildman–Crippen MR) is 133 cm³/mol. The third-order valence-electron chi connectivity index (χ3n) is 6.21. The molecule has 180 valence electrons. The number of nitrogens with one attached hydrogen (secondary N) is 2. The summed E-state index contributed by atoms with van der Waals surface area (Å²) in [6, 6.07) is 12.3. The number of para-hydroxylation sites is 1. The minimum absolute atomic E-state index is 0.0798. The van der Waals surface area contributed by atoms with Gasteiger partial charge in [-0.1, -0.05) is 45.4 Å². The van der Waals surface area contributed by atoms with Crippen LogP contribution >= 0.6 is 0 Å². The number of nitrogens with zero attached hydrogens (tertiary/aromatic N) is 3. The second kappa shape index (κ2) is 11.5. The van der Waals surface area contributed by atoms with E-state index in [1.807, 2.05) is 36.4 Å². The molecule has 2 amide bonds. The smallest absolute Gasteiger partial charge is 0.226 e. The summed E-state index contributed by atoms with van der Waals surface area (Å²) in [4.78, 5) is 27.3. The van der Waals surface area contributed by atoms with Crippen LogP contribution in [0.3, 0.4) is 0 Å². The number of carbonyl (C=O) groups is 2. The molecule has 1 aromatic carbocycles. The molecule has 2 aromatic rings. The van der Waals surface area contributed by atoms with E-state index in [2.05, 4.69) is 43.2 Å². The zero-order valence-corrected chi connectivity index (χ0v) is 20.6. The molecule has 1 aliphatic rings. The highest BCUT2D eigenvalue weighted by Gasteiger charge is 2.22. The van der Waals surface area contributed by atoms with Gasteiger partial charge >= 0.3 is 0 Å². The first-order valence-electron chi connectivity index (χ1n) is 12.2. The Balaban J connectivity index is 1.47. The predicted octanol–water partition coefficient (Wildman–Crippen LogP) is 4.27. The van der Waals surface area contributed by atoms with Crippen molar-refractivity contribution in [1.29, 1.82) is 0 Å². The van der Waals surface area contributed by atoms with Gasteiger partial charge in [0.05, 0.1) is 11.4 Å². The monoisotopic (exact) mass is 453 g/mol. The van der Waals surface area contributed by atoms with Crippen molar-refractivity contribution in [3.05, 3.63) is 42.1 Å². The lowest BCUT2D eigenvalue weighted by atomic mass is 9.92. The van der Waals surface area contributed by atoms with Gasteiger partial charge in [0.25, 0.3) is 0 Å². The molecule has 0 spiro atoms. The highest BCUT2D eigenvalue weighted by atomic mass is 16.2. The minimum Gasteiger partial charge on any atom is -0.356 e. The fraction of sp³-hybridized carbons (Fsp3) is 0.577. The van der Waals surface area contributed by atoms with Gasteiger partial charge in [0, 0.05) is 43.5 Å². The highest BCUT2D eigenvalue weighted by molar-refractivity contribution is 5.92. The fourth-order valence-electron chi connectivity index (χ4n) is 4.12. The molecule has 2 N–H and O–H groups in total. The van der Waals surface area contributed by atoms with E-state index in [0.29, 0.717) is 18.4 Å². The van der Waals surface area contributed by atoms with E-state index < -0.39 is 0 Å². The number of carbonyl (C=O) groups excluding carboxylic acids is 2. The molecular formula is C26H39N5O2. The van der Waals surface area contributed by atoms with Gasteiger partial charge in [-0.3, -0.25) is 9.59 Å². The number of rotatable bonds is 9. The lowest BCUT2D eigenvalue weighted by molar-refractivity contribution is -0.124. The molecule has 0 aliphatic carbocycles. The molecule has 7 nitrogen and oxygen atoms in total. The van der Waals surface area contributed by atoms with Crippen LogP contribution in [0.15, 0.2) is 36.4 Å². The summed E-state index contributed by atoms with van der Waals surface area (Å²) >= 11 is 0. The fourth-order valence-corrected chi connectivity index (χ4v) is 4.12. The van der Waals surface area contributed by atoms with Crippen molar-refractivity contribution in [3.8, 4) is 5.69 Å². The minimum atomic E-state index is -0.190. The maximum absolute atomic E-state index is 12.6. The highest BCUT2D eigenvalue weighted by Crippen LogP contribution is 2.26. The first-order valence-corrected chi connectivity index (χ1v) is 12.2. The van der Waals surface area contributed by atoms with Crippen LogP contribution in [0.25, 0.3) is 5.69 Å². The quantitative estimate of drug-likeness (QED) is 0.556. The van der Waals surface area contributed by atoms with Crippen LogP contribution in [0.4, 0.5) is 5.82 Å². The molecule has 1 saturated heterocycles. The maximum atomic E-state index is 12.6. The van der Waals surface area contributed by atoms with Crippen molar-refractivity contribution >= 4 is 17.6 Å². The summed E-state index contributed by atoms with van der Waals surface area (Å²) in [5.74, 6) is 0.348. The Bertz CT molecular complexity index is 917. The number of hydrogen-bond donors (Lipinski definition) is 2. The van der Waals surface area contributed by atoms with Crippen molar-refractivity contribution in [2.24, 2.45) is 0 Å². The Hall–Kier alpha value is -2.67. The lowest BCUT2D eigenvalue weighted by Crippen LogP contribution is -2.39. The Labute approximate surface area is 197 Å². The first kappa shape index (κ1) is 25.0. The average Bonchev–Trinajstić information content (AvgIpc) is 3.21. The van der Waals surface area contributed by atoms with Gasteiger partial charge in [-0.2, -0.15) is 5.10 Å². The second-order valence-electron chi connectivity index (χ2n) is 10.0. The Kier molecular flexibility index (Phi) is 8.67. The largest absolute Gasteiger partial charge is 0.356 e. The summed E-state index contributed by atoms with van der Waals surface area (Å²) < 4.78 is 1.75. The van der Waals surface area contributed by atoms with Crippen LogP contribution in [0.2, 0.25) is 0 Å². The normalized spacial score (nSPS) is 17.0. The first-order chi connectivity index (χ1) is 15.7. The Morgan fingerprint density at radius 3 is 2.52 bits per heavy atom. The third-order valence-corrected chi connectivity index (χ3v) is 6.21. The van der Waals surface area contributed by atoms with E-state index in [1.165, 1.54) is 19.3 Å². The number of anilines is 1. The standard InChI is InChI=1S/C26H39N5O2/c1-20-11-8-9-17-30(20)18-10-16-27-24(32)14-15-25(33)28-23-19-22(26(2,3)4)29-31(23)21-12-6-5-7-13-21/h5-7,12-13,19-20H,8-11,14-18H2,1-4H3,(H,27,32)(H,28,33). The molecule has 1 aromatic heterocycles. The molecule has 33 heavy (non-hydrogen) atoms. The van der Waals surface area contributed by atoms with Gasteiger partial charge in [0.2, 0.25) is 11.8 Å². The molecule has 0 saturated carbocycles. The van der Waals surface area contributed by atoms with E-state index in [-0.39, 0.29) is 30.1 Å².